The summed E-state index contributed by atoms with van der Waals surface area (Å²) in [6, 6.07) is 12.7. The lowest BCUT2D eigenvalue weighted by Crippen LogP contribution is -2.36. The van der Waals surface area contributed by atoms with Crippen LogP contribution >= 0.6 is 23.4 Å². The lowest BCUT2D eigenvalue weighted by molar-refractivity contribution is -0.131. The Labute approximate surface area is 193 Å². The number of thioether (sulfide) groups is 1. The molecule has 1 N–H and O–H groups in total. The second-order valence-electron chi connectivity index (χ2n) is 6.82. The van der Waals surface area contributed by atoms with Crippen LogP contribution in [-0.4, -0.2) is 54.7 Å². The van der Waals surface area contributed by atoms with Crippen LogP contribution in [0, 0.1) is 0 Å². The fraction of sp³-hybridized carbons (Fsp3) is 0.227. The third-order valence-corrected chi connectivity index (χ3v) is 5.86. The molecule has 166 valence electrons. The molecule has 2 aromatic carbocycles. The van der Waals surface area contributed by atoms with E-state index in [9.17, 15) is 9.90 Å². The Morgan fingerprint density at radius 2 is 1.94 bits per heavy atom. The van der Waals surface area contributed by atoms with Crippen molar-refractivity contribution in [3.63, 3.8) is 0 Å². The van der Waals surface area contributed by atoms with Gasteiger partial charge in [-0.25, -0.2) is 4.79 Å². The predicted molar refractivity (Wildman–Crippen MR) is 122 cm³/mol. The summed E-state index contributed by atoms with van der Waals surface area (Å²) >= 11 is 6.94. The summed E-state index contributed by atoms with van der Waals surface area (Å²) < 4.78 is 16.3. The van der Waals surface area contributed by atoms with Crippen LogP contribution < -0.4 is 9.64 Å². The summed E-state index contributed by atoms with van der Waals surface area (Å²) in [5.41, 5.74) is 2.36. The fourth-order valence-corrected chi connectivity index (χ4v) is 4.04. The second-order valence-corrected chi connectivity index (χ2v) is 8.25. The zero-order chi connectivity index (χ0) is 22.5. The smallest absolute Gasteiger partial charge is 0.342 e. The van der Waals surface area contributed by atoms with Crippen molar-refractivity contribution in [1.82, 2.24) is 10.2 Å². The zero-order valence-electron chi connectivity index (χ0n) is 17.2. The summed E-state index contributed by atoms with van der Waals surface area (Å²) in [5, 5.41) is 18.2. The molecule has 4 rings (SSSR count). The van der Waals surface area contributed by atoms with Crippen molar-refractivity contribution < 1.29 is 23.8 Å². The number of carboxylic acid groups (broad SMARTS) is 1. The number of morpholine rings is 1. The van der Waals surface area contributed by atoms with Crippen molar-refractivity contribution in [2.75, 3.05) is 38.3 Å². The van der Waals surface area contributed by atoms with Crippen LogP contribution in [0.3, 0.4) is 0 Å². The van der Waals surface area contributed by atoms with Crippen LogP contribution in [0.15, 0.2) is 57.0 Å². The largest absolute Gasteiger partial charge is 0.496 e. The van der Waals surface area contributed by atoms with Gasteiger partial charge in [0.05, 0.1) is 25.9 Å². The molecule has 1 aliphatic heterocycles. The number of hydrogen-bond donors (Lipinski definition) is 1. The van der Waals surface area contributed by atoms with Gasteiger partial charge in [0.25, 0.3) is 11.1 Å². The Bertz CT molecular complexity index is 1130. The topological polar surface area (TPSA) is 97.9 Å². The average molecular weight is 474 g/mol. The highest BCUT2D eigenvalue weighted by Crippen LogP contribution is 2.35. The van der Waals surface area contributed by atoms with E-state index in [1.54, 1.807) is 24.3 Å². The number of rotatable bonds is 7. The number of halogens is 1. The highest BCUT2D eigenvalue weighted by Gasteiger charge is 2.18. The quantitative estimate of drug-likeness (QED) is 0.394. The molecule has 0 aliphatic carbocycles. The molecule has 8 nitrogen and oxygen atoms in total. The van der Waals surface area contributed by atoms with Gasteiger partial charge < -0.3 is 23.9 Å². The average Bonchev–Trinajstić information content (AvgIpc) is 3.28. The Morgan fingerprint density at radius 3 is 2.62 bits per heavy atom. The van der Waals surface area contributed by atoms with Gasteiger partial charge >= 0.3 is 5.97 Å². The Morgan fingerprint density at radius 1 is 1.19 bits per heavy atom. The minimum Gasteiger partial charge on any atom is -0.496 e. The number of aromatic nitrogens is 2. The predicted octanol–water partition coefficient (Wildman–Crippen LogP) is 4.45. The van der Waals surface area contributed by atoms with Crippen molar-refractivity contribution >= 4 is 41.1 Å². The maximum absolute atomic E-state index is 11.8. The number of anilines is 1. The third kappa shape index (κ3) is 5.24. The molecule has 1 aliphatic rings. The van der Waals surface area contributed by atoms with Crippen LogP contribution in [0.5, 0.6) is 5.75 Å². The first-order valence-electron chi connectivity index (χ1n) is 9.76. The van der Waals surface area contributed by atoms with E-state index in [0.717, 1.165) is 36.1 Å². The summed E-state index contributed by atoms with van der Waals surface area (Å²) in [7, 11) is 1.52. The molecule has 0 amide bonds. The van der Waals surface area contributed by atoms with Gasteiger partial charge in [-0.15, -0.1) is 10.2 Å². The molecule has 0 unspecified atom stereocenters. The molecule has 0 radical (unpaired) electrons. The SMILES string of the molecule is COc1ccc(Cl)cc1-c1nnc(S/C(=C/c2ccc(N3CCOCC3)cc2)C(=O)O)o1. The van der Waals surface area contributed by atoms with Crippen molar-refractivity contribution in [1.29, 1.82) is 0 Å². The Hall–Kier alpha value is -3.01. The van der Waals surface area contributed by atoms with Crippen LogP contribution in [0.2, 0.25) is 5.02 Å². The van der Waals surface area contributed by atoms with Gasteiger partial charge in [0.1, 0.15) is 10.7 Å². The third-order valence-electron chi connectivity index (χ3n) is 4.77. The van der Waals surface area contributed by atoms with Crippen molar-refractivity contribution in [2.24, 2.45) is 0 Å². The zero-order valence-corrected chi connectivity index (χ0v) is 18.7. The number of benzene rings is 2. The molecule has 1 fully saturated rings. The van der Waals surface area contributed by atoms with Crippen molar-refractivity contribution in [3.05, 3.63) is 58.0 Å². The minimum absolute atomic E-state index is 0.0531. The van der Waals surface area contributed by atoms with E-state index < -0.39 is 5.97 Å². The van der Waals surface area contributed by atoms with E-state index in [1.165, 1.54) is 7.11 Å². The van der Waals surface area contributed by atoms with E-state index in [-0.39, 0.29) is 16.0 Å². The highest BCUT2D eigenvalue weighted by molar-refractivity contribution is 8.03. The molecule has 32 heavy (non-hydrogen) atoms. The monoisotopic (exact) mass is 473 g/mol. The number of carboxylic acids is 1. The Kier molecular flexibility index (Phi) is 6.99. The van der Waals surface area contributed by atoms with Crippen LogP contribution in [0.4, 0.5) is 5.69 Å². The number of methoxy groups -OCH3 is 1. The standard InChI is InChI=1S/C22H20ClN3O5S/c1-29-18-7-4-15(23)13-17(18)20-24-25-22(31-20)32-19(21(27)28)12-14-2-5-16(6-3-14)26-8-10-30-11-9-26/h2-7,12-13H,8-11H2,1H3,(H,27,28)/b19-12+. The molecule has 1 aromatic heterocycles. The van der Waals surface area contributed by atoms with Gasteiger partial charge in [0.15, 0.2) is 0 Å². The highest BCUT2D eigenvalue weighted by atomic mass is 35.5. The summed E-state index contributed by atoms with van der Waals surface area (Å²) in [4.78, 5) is 14.1. The molecular formula is C22H20ClN3O5S. The normalized spacial score (nSPS) is 14.4. The molecule has 3 aromatic rings. The van der Waals surface area contributed by atoms with Gasteiger partial charge in [-0.2, -0.15) is 0 Å². The molecule has 0 spiro atoms. The summed E-state index contributed by atoms with van der Waals surface area (Å²) in [6.45, 7) is 3.08. The van der Waals surface area contributed by atoms with Gasteiger partial charge in [-0.05, 0) is 53.7 Å². The number of hydrogen-bond acceptors (Lipinski definition) is 8. The molecule has 0 atom stereocenters. The van der Waals surface area contributed by atoms with E-state index in [0.29, 0.717) is 29.5 Å². The van der Waals surface area contributed by atoms with Crippen LogP contribution in [0.1, 0.15) is 5.56 Å². The molecule has 2 heterocycles. The summed E-state index contributed by atoms with van der Waals surface area (Å²) in [6.07, 6.45) is 1.57. The molecule has 10 heteroatoms. The van der Waals surface area contributed by atoms with E-state index in [4.69, 9.17) is 25.5 Å². The van der Waals surface area contributed by atoms with E-state index in [2.05, 4.69) is 15.1 Å². The molecular weight excluding hydrogens is 454 g/mol. The lowest BCUT2D eigenvalue weighted by atomic mass is 10.1. The number of aliphatic carboxylic acids is 1. The molecule has 0 saturated carbocycles. The van der Waals surface area contributed by atoms with Crippen molar-refractivity contribution in [3.8, 4) is 17.2 Å². The second kappa shape index (κ2) is 10.1. The molecule has 1 saturated heterocycles. The van der Waals surface area contributed by atoms with Gasteiger partial charge in [-0.3, -0.25) is 0 Å². The van der Waals surface area contributed by atoms with Gasteiger partial charge in [0, 0.05) is 23.8 Å². The lowest BCUT2D eigenvalue weighted by Gasteiger charge is -2.28. The van der Waals surface area contributed by atoms with Crippen LogP contribution in [0.25, 0.3) is 17.5 Å². The minimum atomic E-state index is -1.09. The number of nitrogens with zero attached hydrogens (tertiary/aromatic N) is 3. The number of ether oxygens (including phenoxy) is 2. The maximum Gasteiger partial charge on any atom is 0.342 e. The maximum atomic E-state index is 11.8. The Balaban J connectivity index is 1.53. The fourth-order valence-electron chi connectivity index (χ4n) is 3.19. The first kappa shape index (κ1) is 22.2. The van der Waals surface area contributed by atoms with E-state index >= 15 is 0 Å². The summed E-state index contributed by atoms with van der Waals surface area (Å²) in [5.74, 6) is -0.386. The first-order valence-corrected chi connectivity index (χ1v) is 11.0. The van der Waals surface area contributed by atoms with Crippen LogP contribution in [-0.2, 0) is 9.53 Å². The van der Waals surface area contributed by atoms with Crippen molar-refractivity contribution in [2.45, 2.75) is 5.22 Å². The van der Waals surface area contributed by atoms with Gasteiger partial charge in [-0.1, -0.05) is 23.7 Å². The van der Waals surface area contributed by atoms with Gasteiger partial charge in [0.2, 0.25) is 0 Å². The number of carbonyl (C=O) groups is 1. The van der Waals surface area contributed by atoms with E-state index in [1.807, 2.05) is 24.3 Å². The molecule has 0 bridgehead atoms. The first-order chi connectivity index (χ1) is 15.5.